The summed E-state index contributed by atoms with van der Waals surface area (Å²) in [4.78, 5) is 1.47. The number of ether oxygens (including phenoxy) is 1. The van der Waals surface area contributed by atoms with E-state index >= 15 is 0 Å². The van der Waals surface area contributed by atoms with E-state index in [1.54, 1.807) is 0 Å². The fraction of sp³-hybridized carbons (Fsp3) is 0.833. The molecule has 1 fully saturated rings. The molecule has 1 unspecified atom stereocenters. The Bertz CT molecular complexity index is 204. The summed E-state index contributed by atoms with van der Waals surface area (Å²) >= 11 is 0. The molecular weight excluding hydrogens is 144 g/mol. The van der Waals surface area contributed by atoms with Gasteiger partial charge in [0.15, 0.2) is 6.23 Å². The molecule has 0 aliphatic carbocycles. The molecule has 0 aromatic carbocycles. The van der Waals surface area contributed by atoms with Gasteiger partial charge in [-0.2, -0.15) is 0 Å². The number of tetrazole rings is 1. The predicted octanol–water partition coefficient (Wildman–Crippen LogP) is 0.172. The summed E-state index contributed by atoms with van der Waals surface area (Å²) in [5.74, 6) is 0. The summed E-state index contributed by atoms with van der Waals surface area (Å²) in [6.07, 6.45) is 5.67. The molecule has 2 heterocycles. The zero-order valence-corrected chi connectivity index (χ0v) is 6.10. The van der Waals surface area contributed by atoms with E-state index < -0.39 is 0 Å². The molecule has 0 saturated carbocycles. The monoisotopic (exact) mass is 153 g/mol. The minimum Gasteiger partial charge on any atom is -0.355 e. The Labute approximate surface area is 64.3 Å². The van der Waals surface area contributed by atoms with Crippen molar-refractivity contribution < 1.29 is 4.74 Å². The van der Waals surface area contributed by atoms with Crippen LogP contribution in [0, 0.1) is 6.33 Å². The summed E-state index contributed by atoms with van der Waals surface area (Å²) < 4.78 is 5.40. The third-order valence-corrected chi connectivity index (χ3v) is 1.74. The van der Waals surface area contributed by atoms with E-state index in [9.17, 15) is 0 Å². The number of nitrogens with zero attached hydrogens (tertiary/aromatic N) is 4. The fourth-order valence-corrected chi connectivity index (χ4v) is 1.18. The molecular formula is C6H9N4O. The van der Waals surface area contributed by atoms with Gasteiger partial charge in [-0.05, 0) is 24.5 Å². The van der Waals surface area contributed by atoms with Gasteiger partial charge in [-0.15, -0.1) is 15.0 Å². The third kappa shape index (κ3) is 1.37. The van der Waals surface area contributed by atoms with Crippen molar-refractivity contribution in [3.05, 3.63) is 6.33 Å². The Kier molecular flexibility index (Phi) is 1.81. The molecule has 59 valence electrons. The minimum absolute atomic E-state index is 0.0116. The topological polar surface area (TPSA) is 52.8 Å². The smallest absolute Gasteiger partial charge is 0.246 e. The molecule has 2 rings (SSSR count). The molecule has 11 heavy (non-hydrogen) atoms. The number of rotatable bonds is 1. The van der Waals surface area contributed by atoms with Crippen LogP contribution in [0.15, 0.2) is 0 Å². The molecule has 5 heteroatoms. The van der Waals surface area contributed by atoms with Crippen molar-refractivity contribution in [1.29, 1.82) is 0 Å². The summed E-state index contributed by atoms with van der Waals surface area (Å²) in [7, 11) is 0. The maximum atomic E-state index is 5.40. The van der Waals surface area contributed by atoms with Crippen molar-refractivity contribution in [3.63, 3.8) is 0 Å². The number of aromatic nitrogens is 4. The van der Waals surface area contributed by atoms with Crippen molar-refractivity contribution in [2.75, 3.05) is 6.61 Å². The second-order valence-electron chi connectivity index (χ2n) is 2.53. The molecule has 1 atom stereocenters. The van der Waals surface area contributed by atoms with Crippen molar-refractivity contribution in [2.24, 2.45) is 0 Å². The van der Waals surface area contributed by atoms with E-state index in [0.717, 1.165) is 19.4 Å². The molecule has 5 nitrogen and oxygen atoms in total. The summed E-state index contributed by atoms with van der Waals surface area (Å²) in [5.41, 5.74) is 0. The van der Waals surface area contributed by atoms with Gasteiger partial charge in [0.05, 0.1) is 0 Å². The first kappa shape index (κ1) is 6.72. The van der Waals surface area contributed by atoms with Crippen LogP contribution in [0.2, 0.25) is 0 Å². The molecule has 0 bridgehead atoms. The van der Waals surface area contributed by atoms with Gasteiger partial charge in [-0.1, -0.05) is 0 Å². The molecule has 0 spiro atoms. The van der Waals surface area contributed by atoms with Crippen LogP contribution < -0.4 is 0 Å². The van der Waals surface area contributed by atoms with Crippen LogP contribution in [-0.4, -0.2) is 26.8 Å². The first-order valence-electron chi connectivity index (χ1n) is 3.74. The lowest BCUT2D eigenvalue weighted by Crippen LogP contribution is -2.20. The molecule has 1 aromatic rings. The van der Waals surface area contributed by atoms with Gasteiger partial charge in [-0.25, -0.2) is 0 Å². The van der Waals surface area contributed by atoms with E-state index in [-0.39, 0.29) is 6.23 Å². The molecule has 0 N–H and O–H groups in total. The number of hydrogen-bond acceptors (Lipinski definition) is 4. The first-order chi connectivity index (χ1) is 5.47. The number of hydrogen-bond donors (Lipinski definition) is 0. The van der Waals surface area contributed by atoms with Crippen LogP contribution in [0.4, 0.5) is 0 Å². The summed E-state index contributed by atoms with van der Waals surface area (Å²) in [5, 5.41) is 11.0. The second kappa shape index (κ2) is 2.96. The molecule has 1 saturated heterocycles. The van der Waals surface area contributed by atoms with Crippen molar-refractivity contribution in [2.45, 2.75) is 25.5 Å². The highest BCUT2D eigenvalue weighted by Gasteiger charge is 2.16. The lowest BCUT2D eigenvalue weighted by molar-refractivity contribution is -0.0489. The van der Waals surface area contributed by atoms with Crippen LogP contribution in [0.3, 0.4) is 0 Å². The molecule has 1 aliphatic rings. The zero-order chi connectivity index (χ0) is 7.52. The van der Waals surface area contributed by atoms with Crippen molar-refractivity contribution in [1.82, 2.24) is 20.2 Å². The maximum Gasteiger partial charge on any atom is 0.246 e. The van der Waals surface area contributed by atoms with E-state index in [0.29, 0.717) is 0 Å². The highest BCUT2D eigenvalue weighted by molar-refractivity contribution is 4.56. The standard InChI is InChI=1S/C6H9N4O/c1-2-4-11-6(3-1)10-8-5-7-9-10/h6H,1-4H2. The van der Waals surface area contributed by atoms with E-state index in [4.69, 9.17) is 4.74 Å². The average molecular weight is 153 g/mol. The normalized spacial score (nSPS) is 25.3. The van der Waals surface area contributed by atoms with Gasteiger partial charge in [0.25, 0.3) is 0 Å². The average Bonchev–Trinajstić information content (AvgIpc) is 2.58. The van der Waals surface area contributed by atoms with Gasteiger partial charge in [0, 0.05) is 6.61 Å². The van der Waals surface area contributed by atoms with E-state index in [1.807, 2.05) is 0 Å². The summed E-state index contributed by atoms with van der Waals surface area (Å²) in [6.45, 7) is 0.798. The third-order valence-electron chi connectivity index (χ3n) is 1.74. The lowest BCUT2D eigenvalue weighted by atomic mass is 10.2. The van der Waals surface area contributed by atoms with Gasteiger partial charge < -0.3 is 4.74 Å². The lowest BCUT2D eigenvalue weighted by Gasteiger charge is -2.20. The SMILES string of the molecule is [c]1nnn(C2CCCCO2)n1. The van der Waals surface area contributed by atoms with Crippen molar-refractivity contribution in [3.8, 4) is 0 Å². The van der Waals surface area contributed by atoms with Gasteiger partial charge in [0.2, 0.25) is 6.33 Å². The zero-order valence-electron chi connectivity index (χ0n) is 6.10. The molecule has 1 aromatic heterocycles. The van der Waals surface area contributed by atoms with Crippen LogP contribution >= 0.6 is 0 Å². The second-order valence-corrected chi connectivity index (χ2v) is 2.53. The fourth-order valence-electron chi connectivity index (χ4n) is 1.18. The Morgan fingerprint density at radius 3 is 3.09 bits per heavy atom. The molecule has 1 radical (unpaired) electrons. The Hall–Kier alpha value is -0.970. The van der Waals surface area contributed by atoms with E-state index in [2.05, 4.69) is 21.7 Å². The van der Waals surface area contributed by atoms with Crippen LogP contribution in [0.25, 0.3) is 0 Å². The minimum atomic E-state index is -0.0116. The Morgan fingerprint density at radius 2 is 2.45 bits per heavy atom. The highest BCUT2D eigenvalue weighted by atomic mass is 16.5. The van der Waals surface area contributed by atoms with Crippen LogP contribution in [0.1, 0.15) is 25.5 Å². The van der Waals surface area contributed by atoms with Gasteiger partial charge >= 0.3 is 0 Å². The Morgan fingerprint density at radius 1 is 1.45 bits per heavy atom. The van der Waals surface area contributed by atoms with Crippen LogP contribution in [-0.2, 0) is 4.74 Å². The largest absolute Gasteiger partial charge is 0.355 e. The Balaban J connectivity index is 2.04. The first-order valence-corrected chi connectivity index (χ1v) is 3.74. The molecule has 1 aliphatic heterocycles. The maximum absolute atomic E-state index is 5.40. The van der Waals surface area contributed by atoms with Crippen LogP contribution in [0.5, 0.6) is 0 Å². The molecule has 0 amide bonds. The highest BCUT2D eigenvalue weighted by Crippen LogP contribution is 2.19. The van der Waals surface area contributed by atoms with Gasteiger partial charge in [-0.3, -0.25) is 0 Å². The van der Waals surface area contributed by atoms with E-state index in [1.165, 1.54) is 11.2 Å². The van der Waals surface area contributed by atoms with Gasteiger partial charge in [0.1, 0.15) is 0 Å². The summed E-state index contributed by atoms with van der Waals surface area (Å²) in [6, 6.07) is 0. The predicted molar refractivity (Wildman–Crippen MR) is 35.5 cm³/mol. The quantitative estimate of drug-likeness (QED) is 0.577. The van der Waals surface area contributed by atoms with Crippen molar-refractivity contribution >= 4 is 0 Å².